The minimum Gasteiger partial charge on any atom is -0.368 e. The fourth-order valence-corrected chi connectivity index (χ4v) is 6.74. The van der Waals surface area contributed by atoms with Crippen molar-refractivity contribution in [2.45, 2.75) is 12.7 Å². The van der Waals surface area contributed by atoms with Crippen LogP contribution in [0.1, 0.15) is 11.1 Å². The molecule has 1 fully saturated rings. The monoisotopic (exact) mass is 497 g/mol. The summed E-state index contributed by atoms with van der Waals surface area (Å²) in [5, 5.41) is 2.82. The van der Waals surface area contributed by atoms with Crippen LogP contribution in [-0.2, 0) is 15.8 Å². The lowest BCUT2D eigenvalue weighted by molar-refractivity contribution is 0.383. The van der Waals surface area contributed by atoms with Crippen molar-refractivity contribution in [3.8, 4) is 11.1 Å². The Balaban J connectivity index is 1.40. The van der Waals surface area contributed by atoms with Crippen molar-refractivity contribution in [1.82, 2.24) is 14.3 Å². The van der Waals surface area contributed by atoms with Crippen LogP contribution in [0.2, 0.25) is 0 Å². The van der Waals surface area contributed by atoms with Crippen LogP contribution in [0, 0.1) is 12.7 Å². The largest absolute Gasteiger partial charge is 0.368 e. The van der Waals surface area contributed by atoms with E-state index < -0.39 is 10.0 Å². The molecule has 2 aromatic carbocycles. The van der Waals surface area contributed by atoms with Gasteiger partial charge in [0.25, 0.3) is 0 Å². The van der Waals surface area contributed by atoms with E-state index in [1.165, 1.54) is 23.5 Å². The molecule has 34 heavy (non-hydrogen) atoms. The first-order valence-corrected chi connectivity index (χ1v) is 13.4. The lowest BCUT2D eigenvalue weighted by Gasteiger charge is -2.35. The van der Waals surface area contributed by atoms with Crippen LogP contribution >= 0.6 is 11.3 Å². The molecule has 0 atom stereocenters. The van der Waals surface area contributed by atoms with Crippen molar-refractivity contribution in [3.05, 3.63) is 70.9 Å². The van der Waals surface area contributed by atoms with E-state index in [4.69, 9.17) is 5.73 Å². The summed E-state index contributed by atoms with van der Waals surface area (Å²) in [6.07, 6.45) is 0. The molecule has 3 heterocycles. The number of piperazine rings is 1. The van der Waals surface area contributed by atoms with E-state index >= 15 is 0 Å². The maximum absolute atomic E-state index is 13.5. The molecule has 0 radical (unpaired) electrons. The summed E-state index contributed by atoms with van der Waals surface area (Å²) in [7, 11) is -3.44. The van der Waals surface area contributed by atoms with E-state index in [0.29, 0.717) is 32.0 Å². The van der Waals surface area contributed by atoms with Gasteiger partial charge in [-0.05, 0) is 30.2 Å². The van der Waals surface area contributed by atoms with Crippen LogP contribution in [0.4, 0.5) is 16.2 Å². The Morgan fingerprint density at radius 1 is 1.06 bits per heavy atom. The van der Waals surface area contributed by atoms with Gasteiger partial charge >= 0.3 is 0 Å². The molecule has 10 heteroatoms. The number of anilines is 2. The number of hydrogen-bond acceptors (Lipinski definition) is 7. The molecule has 4 aromatic rings. The van der Waals surface area contributed by atoms with Crippen molar-refractivity contribution in [2.75, 3.05) is 36.8 Å². The smallest absolute Gasteiger partial charge is 0.223 e. The number of nitrogen functional groups attached to an aromatic ring is 1. The molecule has 0 bridgehead atoms. The highest BCUT2D eigenvalue weighted by Crippen LogP contribution is 2.39. The molecule has 1 saturated heterocycles. The van der Waals surface area contributed by atoms with Crippen LogP contribution in [0.25, 0.3) is 21.3 Å². The quantitative estimate of drug-likeness (QED) is 0.447. The molecule has 1 aliphatic rings. The zero-order valence-corrected chi connectivity index (χ0v) is 20.2. The number of halogens is 1. The third-order valence-electron chi connectivity index (χ3n) is 5.95. The number of hydrogen-bond donors (Lipinski definition) is 1. The maximum Gasteiger partial charge on any atom is 0.223 e. The molecule has 0 amide bonds. The molecule has 0 spiro atoms. The minimum atomic E-state index is -3.44. The second-order valence-electron chi connectivity index (χ2n) is 8.37. The van der Waals surface area contributed by atoms with Crippen LogP contribution < -0.4 is 10.6 Å². The summed E-state index contributed by atoms with van der Waals surface area (Å²) in [6.45, 7) is 3.63. The molecular weight excluding hydrogens is 473 g/mol. The number of fused-ring (bicyclic) bond motifs is 1. The number of aromatic nitrogens is 2. The first kappa shape index (κ1) is 22.7. The summed E-state index contributed by atoms with van der Waals surface area (Å²) in [6, 6.07) is 13.9. The van der Waals surface area contributed by atoms with E-state index in [9.17, 15) is 12.8 Å². The average Bonchev–Trinajstić information content (AvgIpc) is 3.22. The normalized spacial score (nSPS) is 15.2. The van der Waals surface area contributed by atoms with Crippen molar-refractivity contribution >= 4 is 43.3 Å². The zero-order chi connectivity index (χ0) is 23.9. The number of sulfonamides is 1. The molecule has 0 aliphatic carbocycles. The van der Waals surface area contributed by atoms with Gasteiger partial charge in [0, 0.05) is 37.1 Å². The van der Waals surface area contributed by atoms with Crippen LogP contribution in [0.3, 0.4) is 0 Å². The third-order valence-corrected chi connectivity index (χ3v) is 8.67. The van der Waals surface area contributed by atoms with Gasteiger partial charge in [0.1, 0.15) is 16.5 Å². The van der Waals surface area contributed by atoms with Gasteiger partial charge in [0.05, 0.1) is 11.1 Å². The second-order valence-corrected chi connectivity index (χ2v) is 11.2. The molecule has 2 N–H and O–H groups in total. The third kappa shape index (κ3) is 4.48. The molecule has 0 saturated carbocycles. The first-order valence-electron chi connectivity index (χ1n) is 10.9. The predicted octanol–water partition coefficient (Wildman–Crippen LogP) is 4.04. The highest BCUT2D eigenvalue weighted by atomic mass is 32.2. The van der Waals surface area contributed by atoms with E-state index in [2.05, 4.69) is 14.9 Å². The molecule has 7 nitrogen and oxygen atoms in total. The lowest BCUT2D eigenvalue weighted by atomic mass is 10.1. The molecule has 2 aromatic heterocycles. The van der Waals surface area contributed by atoms with Gasteiger partial charge in [-0.1, -0.05) is 42.0 Å². The SMILES string of the molecule is Cc1cccc(CS(=O)(=O)N2CCN(c3nc(N)nc4scc(-c5ccc(F)cc5)c34)CC2)c1. The van der Waals surface area contributed by atoms with Crippen LogP contribution in [-0.4, -0.2) is 48.9 Å². The Morgan fingerprint density at radius 2 is 1.79 bits per heavy atom. The zero-order valence-electron chi connectivity index (χ0n) is 18.6. The summed E-state index contributed by atoms with van der Waals surface area (Å²) < 4.78 is 41.1. The van der Waals surface area contributed by atoms with Gasteiger partial charge < -0.3 is 10.6 Å². The fourth-order valence-electron chi connectivity index (χ4n) is 4.29. The van der Waals surface area contributed by atoms with E-state index in [-0.39, 0.29) is 17.5 Å². The Bertz CT molecular complexity index is 1450. The van der Waals surface area contributed by atoms with Gasteiger partial charge in [-0.2, -0.15) is 9.29 Å². The number of thiophene rings is 1. The van der Waals surface area contributed by atoms with E-state index in [0.717, 1.165) is 32.5 Å². The van der Waals surface area contributed by atoms with Gasteiger partial charge in [0.15, 0.2) is 0 Å². The van der Waals surface area contributed by atoms with E-state index in [1.54, 1.807) is 16.4 Å². The first-order chi connectivity index (χ1) is 16.3. The summed E-state index contributed by atoms with van der Waals surface area (Å²) in [5.41, 5.74) is 9.59. The minimum absolute atomic E-state index is 0.0153. The van der Waals surface area contributed by atoms with Crippen LogP contribution in [0.5, 0.6) is 0 Å². The summed E-state index contributed by atoms with van der Waals surface area (Å²) in [4.78, 5) is 11.7. The Labute approximate surface area is 201 Å². The maximum atomic E-state index is 13.5. The van der Waals surface area contributed by atoms with Crippen molar-refractivity contribution in [2.24, 2.45) is 0 Å². The Morgan fingerprint density at radius 3 is 2.50 bits per heavy atom. The number of aryl methyl sites for hydroxylation is 1. The Hall–Kier alpha value is -3.08. The van der Waals surface area contributed by atoms with Gasteiger partial charge in [-0.25, -0.2) is 17.8 Å². The van der Waals surface area contributed by atoms with Gasteiger partial charge in [0.2, 0.25) is 16.0 Å². The van der Waals surface area contributed by atoms with Gasteiger partial charge in [-0.3, -0.25) is 0 Å². The highest BCUT2D eigenvalue weighted by molar-refractivity contribution is 7.88. The molecule has 0 unspecified atom stereocenters. The Kier molecular flexibility index (Phi) is 5.97. The predicted molar refractivity (Wildman–Crippen MR) is 135 cm³/mol. The summed E-state index contributed by atoms with van der Waals surface area (Å²) in [5.74, 6) is 0.536. The number of benzene rings is 2. The highest BCUT2D eigenvalue weighted by Gasteiger charge is 2.29. The fraction of sp³-hybridized carbons (Fsp3) is 0.250. The standard InChI is InChI=1S/C24H24FN5O2S2/c1-16-3-2-4-17(13-16)15-34(31,32)30-11-9-29(10-12-30)22-21-20(18-5-7-19(25)8-6-18)14-33-23(21)28-24(26)27-22/h2-8,13-14H,9-12,15H2,1H3,(H2,26,27,28). The number of nitrogens with zero attached hydrogens (tertiary/aromatic N) is 4. The molecule has 5 rings (SSSR count). The average molecular weight is 498 g/mol. The number of rotatable bonds is 5. The van der Waals surface area contributed by atoms with Crippen molar-refractivity contribution in [1.29, 1.82) is 0 Å². The molecular formula is C24H24FN5O2S2. The molecule has 176 valence electrons. The topological polar surface area (TPSA) is 92.4 Å². The van der Waals surface area contributed by atoms with Crippen LogP contribution in [0.15, 0.2) is 53.9 Å². The van der Waals surface area contributed by atoms with Crippen molar-refractivity contribution in [3.63, 3.8) is 0 Å². The number of nitrogens with two attached hydrogens (primary N) is 1. The van der Waals surface area contributed by atoms with Crippen molar-refractivity contribution < 1.29 is 12.8 Å². The lowest BCUT2D eigenvalue weighted by Crippen LogP contribution is -2.49. The second kappa shape index (κ2) is 8.94. The van der Waals surface area contributed by atoms with Gasteiger partial charge in [-0.15, -0.1) is 11.3 Å². The van der Waals surface area contributed by atoms with E-state index in [1.807, 2.05) is 36.6 Å². The molecule has 1 aliphatic heterocycles. The summed E-state index contributed by atoms with van der Waals surface area (Å²) >= 11 is 1.45.